The van der Waals surface area contributed by atoms with E-state index in [9.17, 15) is 19.7 Å². The van der Waals surface area contributed by atoms with Gasteiger partial charge in [0.25, 0.3) is 5.69 Å². The normalized spacial score (nSPS) is 31.9. The van der Waals surface area contributed by atoms with Crippen LogP contribution in [0.1, 0.15) is 44.7 Å². The Hall–Kier alpha value is -1.76. The number of carbonyl (C=O) groups excluding carboxylic acids is 2. The molecule has 7 heteroatoms. The van der Waals surface area contributed by atoms with Crippen LogP contribution in [0, 0.1) is 40.2 Å². The zero-order valence-corrected chi connectivity index (χ0v) is 17.2. The molecular formula is C19H23BrN2O4. The van der Waals surface area contributed by atoms with E-state index in [0.29, 0.717) is 12.8 Å². The fourth-order valence-corrected chi connectivity index (χ4v) is 6.26. The largest absolute Gasteiger partial charge is 0.320 e. The summed E-state index contributed by atoms with van der Waals surface area (Å²) < 4.78 is 0. The molecule has 2 aliphatic carbocycles. The van der Waals surface area contributed by atoms with Gasteiger partial charge in [0.1, 0.15) is 5.69 Å². The second kappa shape index (κ2) is 5.62. The third-order valence-electron chi connectivity index (χ3n) is 7.18. The lowest BCUT2D eigenvalue weighted by Gasteiger charge is -2.39. The molecular weight excluding hydrogens is 400 g/mol. The topological polar surface area (TPSA) is 89.3 Å². The number of amides is 1. The predicted octanol–water partition coefficient (Wildman–Crippen LogP) is 4.31. The van der Waals surface area contributed by atoms with Crippen LogP contribution in [-0.4, -0.2) is 21.4 Å². The highest BCUT2D eigenvalue weighted by Gasteiger charge is 2.76. The maximum atomic E-state index is 13.4. The van der Waals surface area contributed by atoms with Gasteiger partial charge >= 0.3 is 0 Å². The Morgan fingerprint density at radius 3 is 2.31 bits per heavy atom. The summed E-state index contributed by atoms with van der Waals surface area (Å²) >= 11 is 3.47. The molecule has 3 unspecified atom stereocenters. The van der Waals surface area contributed by atoms with Crippen LogP contribution in [0.3, 0.4) is 0 Å². The van der Waals surface area contributed by atoms with Gasteiger partial charge in [-0.1, -0.05) is 36.7 Å². The number of halogens is 1. The molecule has 2 fully saturated rings. The van der Waals surface area contributed by atoms with Crippen molar-refractivity contribution in [3.63, 3.8) is 0 Å². The van der Waals surface area contributed by atoms with Gasteiger partial charge in [0.15, 0.2) is 5.78 Å². The number of benzene rings is 1. The first-order valence-corrected chi connectivity index (χ1v) is 9.57. The third kappa shape index (κ3) is 2.09. The lowest BCUT2D eigenvalue weighted by Crippen LogP contribution is -2.48. The molecule has 0 saturated heterocycles. The van der Waals surface area contributed by atoms with Gasteiger partial charge in [-0.25, -0.2) is 0 Å². The van der Waals surface area contributed by atoms with E-state index in [0.717, 1.165) is 11.1 Å². The molecule has 1 aromatic carbocycles. The number of carbonyl (C=O) groups is 2. The summed E-state index contributed by atoms with van der Waals surface area (Å²) in [4.78, 5) is 36.5. The molecule has 3 rings (SSSR count). The van der Waals surface area contributed by atoms with Crippen molar-refractivity contribution in [3.8, 4) is 0 Å². The summed E-state index contributed by atoms with van der Waals surface area (Å²) in [5.41, 5.74) is -0.358. The minimum atomic E-state index is -0.925. The molecule has 6 nitrogen and oxygen atoms in total. The van der Waals surface area contributed by atoms with Crippen LogP contribution < -0.4 is 5.32 Å². The zero-order valence-electron chi connectivity index (χ0n) is 15.6. The number of nitro groups is 1. The maximum Gasteiger partial charge on any atom is 0.293 e. The molecule has 3 atom stereocenters. The Kier molecular flexibility index (Phi) is 4.11. The van der Waals surface area contributed by atoms with Crippen LogP contribution in [0.5, 0.6) is 0 Å². The number of nitro benzene ring substituents is 1. The van der Waals surface area contributed by atoms with Crippen LogP contribution in [0.15, 0.2) is 12.1 Å². The van der Waals surface area contributed by atoms with Crippen molar-refractivity contribution < 1.29 is 14.5 Å². The minimum absolute atomic E-state index is 0.0403. The molecule has 1 aromatic rings. The summed E-state index contributed by atoms with van der Waals surface area (Å²) in [6.45, 7) is 9.46. The number of nitrogens with one attached hydrogen (secondary N) is 1. The van der Waals surface area contributed by atoms with Crippen molar-refractivity contribution in [2.75, 3.05) is 5.32 Å². The number of rotatable bonds is 3. The number of nitrogens with zero attached hydrogens (tertiary/aromatic N) is 1. The number of alkyl halides is 1. The molecule has 26 heavy (non-hydrogen) atoms. The molecule has 2 saturated carbocycles. The molecule has 2 bridgehead atoms. The van der Waals surface area contributed by atoms with Crippen LogP contribution >= 0.6 is 15.9 Å². The van der Waals surface area contributed by atoms with Crippen molar-refractivity contribution in [1.82, 2.24) is 0 Å². The Bertz CT molecular complexity index is 850. The highest BCUT2D eigenvalue weighted by atomic mass is 79.9. The number of fused-ring (bicyclic) bond motifs is 2. The van der Waals surface area contributed by atoms with Gasteiger partial charge in [-0.15, -0.1) is 0 Å². The lowest BCUT2D eigenvalue weighted by molar-refractivity contribution is -0.384. The van der Waals surface area contributed by atoms with Gasteiger partial charge in [0.2, 0.25) is 5.91 Å². The SMILES string of the molecule is Cc1cc(NC(=O)C23CCC(C)(C(=O)C2Br)C3(C)C)c([N+](=O)[O-])cc1C. The zero-order chi connectivity index (χ0) is 19.7. The summed E-state index contributed by atoms with van der Waals surface area (Å²) in [5, 5.41) is 14.2. The number of Topliss-reactive ketones (excluding diaryl/α,β-unsaturated/α-hetero) is 1. The minimum Gasteiger partial charge on any atom is -0.320 e. The number of ketones is 1. The third-order valence-corrected chi connectivity index (χ3v) is 8.38. The van der Waals surface area contributed by atoms with Gasteiger partial charge in [0.05, 0.1) is 15.2 Å². The van der Waals surface area contributed by atoms with Crippen molar-refractivity contribution in [2.24, 2.45) is 16.2 Å². The van der Waals surface area contributed by atoms with E-state index >= 15 is 0 Å². The Morgan fingerprint density at radius 1 is 1.23 bits per heavy atom. The van der Waals surface area contributed by atoms with Crippen LogP contribution in [0.25, 0.3) is 0 Å². The molecule has 2 aliphatic rings. The molecule has 140 valence electrons. The average Bonchev–Trinajstić information content (AvgIpc) is 2.82. The quantitative estimate of drug-likeness (QED) is 0.446. The summed E-state index contributed by atoms with van der Waals surface area (Å²) in [6, 6.07) is 3.10. The van der Waals surface area contributed by atoms with E-state index in [2.05, 4.69) is 21.2 Å². The van der Waals surface area contributed by atoms with E-state index in [1.54, 1.807) is 13.0 Å². The van der Waals surface area contributed by atoms with E-state index < -0.39 is 26.0 Å². The first-order valence-electron chi connectivity index (χ1n) is 8.65. The molecule has 1 N–H and O–H groups in total. The molecule has 0 radical (unpaired) electrons. The molecule has 0 aliphatic heterocycles. The van der Waals surface area contributed by atoms with Crippen LogP contribution in [-0.2, 0) is 9.59 Å². The molecule has 0 spiro atoms. The summed E-state index contributed by atoms with van der Waals surface area (Å²) in [6.07, 6.45) is 1.21. The van der Waals surface area contributed by atoms with Crippen LogP contribution in [0.2, 0.25) is 0 Å². The molecule has 1 amide bonds. The van der Waals surface area contributed by atoms with Crippen molar-refractivity contribution in [3.05, 3.63) is 33.4 Å². The van der Waals surface area contributed by atoms with Crippen molar-refractivity contribution >= 4 is 39.0 Å². The molecule has 0 heterocycles. The predicted molar refractivity (Wildman–Crippen MR) is 102 cm³/mol. The Labute approximate surface area is 161 Å². The van der Waals surface area contributed by atoms with Crippen molar-refractivity contribution in [1.29, 1.82) is 0 Å². The Balaban J connectivity index is 2.06. The second-order valence-corrected chi connectivity index (χ2v) is 9.24. The first kappa shape index (κ1) is 19.0. The van der Waals surface area contributed by atoms with Gasteiger partial charge < -0.3 is 5.32 Å². The number of anilines is 1. The highest BCUT2D eigenvalue weighted by Crippen LogP contribution is 2.72. The Morgan fingerprint density at radius 2 is 1.81 bits per heavy atom. The van der Waals surface area contributed by atoms with Gasteiger partial charge in [-0.3, -0.25) is 19.7 Å². The smallest absolute Gasteiger partial charge is 0.293 e. The van der Waals surface area contributed by atoms with E-state index in [-0.39, 0.29) is 23.1 Å². The fraction of sp³-hybridized carbons (Fsp3) is 0.579. The van der Waals surface area contributed by atoms with E-state index in [4.69, 9.17) is 0 Å². The van der Waals surface area contributed by atoms with Gasteiger partial charge in [-0.2, -0.15) is 0 Å². The van der Waals surface area contributed by atoms with E-state index in [1.165, 1.54) is 6.07 Å². The monoisotopic (exact) mass is 422 g/mol. The number of hydrogen-bond acceptors (Lipinski definition) is 4. The number of hydrogen-bond donors (Lipinski definition) is 1. The van der Waals surface area contributed by atoms with Crippen LogP contribution in [0.4, 0.5) is 11.4 Å². The maximum absolute atomic E-state index is 13.4. The fourth-order valence-electron chi connectivity index (χ4n) is 4.74. The first-order chi connectivity index (χ1) is 11.9. The standard InChI is InChI=1S/C19H23BrN2O4/c1-10-8-12(13(22(25)26)9-11(10)2)21-16(24)19-7-6-18(5,17(19,3)4)15(23)14(19)20/h8-9,14H,6-7H2,1-5H3,(H,21,24). The van der Waals surface area contributed by atoms with Crippen molar-refractivity contribution in [2.45, 2.75) is 52.3 Å². The highest BCUT2D eigenvalue weighted by molar-refractivity contribution is 9.10. The van der Waals surface area contributed by atoms with E-state index in [1.807, 2.05) is 27.7 Å². The summed E-state index contributed by atoms with van der Waals surface area (Å²) in [7, 11) is 0. The lowest BCUT2D eigenvalue weighted by atomic mass is 9.64. The van der Waals surface area contributed by atoms with Gasteiger partial charge in [-0.05, 0) is 49.3 Å². The molecule has 0 aromatic heterocycles. The average molecular weight is 423 g/mol. The van der Waals surface area contributed by atoms with Gasteiger partial charge in [0, 0.05) is 11.5 Å². The number of aryl methyl sites for hydroxylation is 2. The second-order valence-electron chi connectivity index (χ2n) is 8.32. The summed E-state index contributed by atoms with van der Waals surface area (Å²) in [5.74, 6) is -0.288.